The first kappa shape index (κ1) is 22.4. The molecule has 1 fully saturated rings. The Morgan fingerprint density at radius 1 is 1.03 bits per heavy atom. The van der Waals surface area contributed by atoms with E-state index < -0.39 is 23.9 Å². The molecule has 3 amide bonds. The Hall–Kier alpha value is -4.80. The summed E-state index contributed by atoms with van der Waals surface area (Å²) in [5, 5.41) is 2.49. The van der Waals surface area contributed by atoms with Crippen molar-refractivity contribution in [3.8, 4) is 11.5 Å². The summed E-state index contributed by atoms with van der Waals surface area (Å²) >= 11 is 0. The second-order valence-electron chi connectivity index (χ2n) is 6.91. The van der Waals surface area contributed by atoms with Gasteiger partial charge in [0, 0.05) is 0 Å². The van der Waals surface area contributed by atoms with E-state index in [0.717, 1.165) is 4.90 Å². The lowest BCUT2D eigenvalue weighted by Gasteiger charge is -2.10. The standard InChI is InChI=1S/C23H18N2O9/c1-30-19-11-13(5-7-16(19)34-22(28)17-4-3-9-32-17)10-15-20(26)25(23(29)24-15)12-14-6-8-18(33-14)21(27)31-2/h3-11H,12H2,1-2H3,(H,24,29). The molecule has 34 heavy (non-hydrogen) atoms. The number of nitrogens with one attached hydrogen (secondary N) is 1. The van der Waals surface area contributed by atoms with Crippen molar-refractivity contribution in [1.82, 2.24) is 10.2 Å². The van der Waals surface area contributed by atoms with Gasteiger partial charge in [-0.25, -0.2) is 14.4 Å². The van der Waals surface area contributed by atoms with E-state index in [1.807, 2.05) is 0 Å². The summed E-state index contributed by atoms with van der Waals surface area (Å²) in [6.07, 6.45) is 2.80. The average Bonchev–Trinajstić information content (AvgIpc) is 3.58. The molecule has 4 rings (SSSR count). The van der Waals surface area contributed by atoms with E-state index in [2.05, 4.69) is 10.1 Å². The molecule has 0 unspecified atom stereocenters. The van der Waals surface area contributed by atoms with Gasteiger partial charge in [-0.1, -0.05) is 6.07 Å². The molecule has 0 bridgehead atoms. The van der Waals surface area contributed by atoms with Gasteiger partial charge in [-0.3, -0.25) is 9.69 Å². The van der Waals surface area contributed by atoms with E-state index >= 15 is 0 Å². The molecule has 1 aromatic carbocycles. The number of benzene rings is 1. The van der Waals surface area contributed by atoms with Crippen LogP contribution in [0.2, 0.25) is 0 Å². The summed E-state index contributed by atoms with van der Waals surface area (Å²) in [5.74, 6) is -1.36. The molecule has 11 heteroatoms. The summed E-state index contributed by atoms with van der Waals surface area (Å²) in [6, 6.07) is 9.85. The normalized spacial score (nSPS) is 14.3. The van der Waals surface area contributed by atoms with Crippen molar-refractivity contribution in [2.24, 2.45) is 0 Å². The van der Waals surface area contributed by atoms with Crippen LogP contribution >= 0.6 is 0 Å². The highest BCUT2D eigenvalue weighted by atomic mass is 16.6. The predicted molar refractivity (Wildman–Crippen MR) is 114 cm³/mol. The van der Waals surface area contributed by atoms with Crippen LogP contribution in [0.15, 0.2) is 63.3 Å². The summed E-state index contributed by atoms with van der Waals surface area (Å²) in [4.78, 5) is 49.6. The van der Waals surface area contributed by atoms with E-state index in [0.29, 0.717) is 5.56 Å². The Kier molecular flexibility index (Phi) is 6.17. The number of methoxy groups -OCH3 is 2. The van der Waals surface area contributed by atoms with Crippen molar-refractivity contribution in [2.75, 3.05) is 14.2 Å². The summed E-state index contributed by atoms with van der Waals surface area (Å²) in [6.45, 7) is -0.177. The molecular formula is C23H18N2O9. The number of amides is 3. The third-order valence-corrected chi connectivity index (χ3v) is 4.75. The third kappa shape index (κ3) is 4.53. The maximum absolute atomic E-state index is 12.7. The van der Waals surface area contributed by atoms with Crippen molar-refractivity contribution in [3.63, 3.8) is 0 Å². The fourth-order valence-corrected chi connectivity index (χ4v) is 3.11. The van der Waals surface area contributed by atoms with E-state index in [1.165, 1.54) is 56.9 Å². The monoisotopic (exact) mass is 466 g/mol. The number of carbonyl (C=O) groups is 4. The first-order valence-electron chi connectivity index (χ1n) is 9.85. The van der Waals surface area contributed by atoms with Gasteiger partial charge in [0.25, 0.3) is 5.91 Å². The molecule has 0 saturated carbocycles. The van der Waals surface area contributed by atoms with Gasteiger partial charge in [-0.05, 0) is 48.0 Å². The first-order chi connectivity index (χ1) is 16.4. The molecule has 0 aliphatic carbocycles. The highest BCUT2D eigenvalue weighted by Gasteiger charge is 2.34. The van der Waals surface area contributed by atoms with Crippen LogP contribution in [0, 0.1) is 0 Å². The van der Waals surface area contributed by atoms with Gasteiger partial charge in [0.1, 0.15) is 11.5 Å². The maximum atomic E-state index is 12.7. The second-order valence-corrected chi connectivity index (χ2v) is 6.91. The molecule has 3 heterocycles. The molecule has 3 aromatic rings. The minimum absolute atomic E-state index is 0.0205. The van der Waals surface area contributed by atoms with Gasteiger partial charge in [-0.15, -0.1) is 0 Å². The Labute approximate surface area is 192 Å². The molecule has 1 N–H and O–H groups in total. The number of urea groups is 1. The van der Waals surface area contributed by atoms with Crippen LogP contribution in [0.3, 0.4) is 0 Å². The number of esters is 2. The van der Waals surface area contributed by atoms with Crippen LogP contribution in [0.1, 0.15) is 32.4 Å². The summed E-state index contributed by atoms with van der Waals surface area (Å²) in [7, 11) is 2.61. The van der Waals surface area contributed by atoms with Crippen molar-refractivity contribution in [1.29, 1.82) is 0 Å². The number of ether oxygens (including phenoxy) is 3. The van der Waals surface area contributed by atoms with Gasteiger partial charge in [-0.2, -0.15) is 0 Å². The number of nitrogens with zero attached hydrogens (tertiary/aromatic N) is 1. The van der Waals surface area contributed by atoms with Gasteiger partial charge in [0.05, 0.1) is 27.0 Å². The molecule has 1 aliphatic rings. The van der Waals surface area contributed by atoms with Gasteiger partial charge in [0.15, 0.2) is 11.5 Å². The fourth-order valence-electron chi connectivity index (χ4n) is 3.11. The maximum Gasteiger partial charge on any atom is 0.379 e. The molecule has 2 aromatic heterocycles. The molecule has 11 nitrogen and oxygen atoms in total. The largest absolute Gasteiger partial charge is 0.493 e. The van der Waals surface area contributed by atoms with Crippen LogP contribution in [0.5, 0.6) is 11.5 Å². The molecule has 0 atom stereocenters. The van der Waals surface area contributed by atoms with Crippen LogP contribution in [-0.4, -0.2) is 43.0 Å². The smallest absolute Gasteiger partial charge is 0.379 e. The lowest BCUT2D eigenvalue weighted by atomic mass is 10.1. The number of hydrogen-bond donors (Lipinski definition) is 1. The topological polar surface area (TPSA) is 138 Å². The molecule has 0 spiro atoms. The summed E-state index contributed by atoms with van der Waals surface area (Å²) < 4.78 is 25.5. The molecule has 0 radical (unpaired) electrons. The molecule has 1 aliphatic heterocycles. The SMILES string of the molecule is COC(=O)c1ccc(CN2C(=O)NC(=Cc3ccc(OC(=O)c4ccco4)c(OC)c3)C2=O)o1. The minimum Gasteiger partial charge on any atom is -0.493 e. The van der Waals surface area contributed by atoms with E-state index in [4.69, 9.17) is 18.3 Å². The van der Waals surface area contributed by atoms with E-state index in [-0.39, 0.29) is 41.0 Å². The Bertz CT molecular complexity index is 1290. The van der Waals surface area contributed by atoms with E-state index in [1.54, 1.807) is 12.1 Å². The number of imide groups is 1. The highest BCUT2D eigenvalue weighted by molar-refractivity contribution is 6.13. The molecule has 174 valence electrons. The highest BCUT2D eigenvalue weighted by Crippen LogP contribution is 2.30. The van der Waals surface area contributed by atoms with Crippen molar-refractivity contribution in [2.45, 2.75) is 6.54 Å². The number of rotatable bonds is 7. The Morgan fingerprint density at radius 2 is 1.85 bits per heavy atom. The van der Waals surface area contributed by atoms with Crippen LogP contribution in [0.25, 0.3) is 6.08 Å². The zero-order chi connectivity index (χ0) is 24.2. The van der Waals surface area contributed by atoms with Gasteiger partial charge in [0.2, 0.25) is 11.5 Å². The van der Waals surface area contributed by atoms with Crippen LogP contribution in [0.4, 0.5) is 4.79 Å². The van der Waals surface area contributed by atoms with Crippen molar-refractivity contribution >= 4 is 30.0 Å². The zero-order valence-electron chi connectivity index (χ0n) is 18.0. The lowest BCUT2D eigenvalue weighted by Crippen LogP contribution is -2.30. The van der Waals surface area contributed by atoms with Crippen LogP contribution < -0.4 is 14.8 Å². The Morgan fingerprint density at radius 3 is 2.56 bits per heavy atom. The Balaban J connectivity index is 1.49. The fraction of sp³-hybridized carbons (Fsp3) is 0.130. The molecule has 1 saturated heterocycles. The third-order valence-electron chi connectivity index (χ3n) is 4.75. The second kappa shape index (κ2) is 9.36. The number of furan rings is 2. The van der Waals surface area contributed by atoms with Crippen molar-refractivity contribution in [3.05, 3.63) is 77.3 Å². The van der Waals surface area contributed by atoms with E-state index in [9.17, 15) is 19.2 Å². The predicted octanol–water partition coefficient (Wildman–Crippen LogP) is 2.98. The average molecular weight is 466 g/mol. The first-order valence-corrected chi connectivity index (χ1v) is 9.85. The van der Waals surface area contributed by atoms with Gasteiger partial charge >= 0.3 is 18.0 Å². The molecular weight excluding hydrogens is 448 g/mol. The van der Waals surface area contributed by atoms with Crippen molar-refractivity contribution < 1.29 is 42.2 Å². The minimum atomic E-state index is -0.698. The zero-order valence-corrected chi connectivity index (χ0v) is 18.0. The number of hydrogen-bond acceptors (Lipinski definition) is 9. The van der Waals surface area contributed by atoms with Crippen LogP contribution in [-0.2, 0) is 16.1 Å². The van der Waals surface area contributed by atoms with Gasteiger partial charge < -0.3 is 28.4 Å². The quantitative estimate of drug-likeness (QED) is 0.241. The summed E-state index contributed by atoms with van der Waals surface area (Å²) in [5.41, 5.74) is 0.526. The lowest BCUT2D eigenvalue weighted by molar-refractivity contribution is -0.123. The number of carbonyl (C=O) groups excluding carboxylic acids is 4.